The molecule has 2 aromatic heterocycles. The summed E-state index contributed by atoms with van der Waals surface area (Å²) < 4.78 is 28.3. The normalized spacial score (nSPS) is 24.9. The molecule has 5 nitrogen and oxygen atoms in total. The summed E-state index contributed by atoms with van der Waals surface area (Å²) in [5.74, 6) is 0.523. The van der Waals surface area contributed by atoms with Gasteiger partial charge in [0.2, 0.25) is 0 Å². The highest BCUT2D eigenvalue weighted by molar-refractivity contribution is 7.91. The van der Waals surface area contributed by atoms with Gasteiger partial charge < -0.3 is 5.32 Å². The smallest absolute Gasteiger partial charge is 0.252 e. The van der Waals surface area contributed by atoms with Gasteiger partial charge in [-0.05, 0) is 36.2 Å². The van der Waals surface area contributed by atoms with Crippen LogP contribution in [-0.2, 0) is 16.6 Å². The molecule has 2 atom stereocenters. The van der Waals surface area contributed by atoms with Crippen LogP contribution in [0, 0.1) is 5.92 Å². The number of sulfonamides is 1. The van der Waals surface area contributed by atoms with Crippen LogP contribution in [0.3, 0.4) is 0 Å². The van der Waals surface area contributed by atoms with Crippen LogP contribution < -0.4 is 5.32 Å². The Bertz CT molecular complexity index is 837. The first-order valence-corrected chi connectivity index (χ1v) is 10.1. The van der Waals surface area contributed by atoms with Gasteiger partial charge in [0.1, 0.15) is 4.21 Å². The lowest BCUT2D eigenvalue weighted by Crippen LogP contribution is -2.34. The third-order valence-corrected chi connectivity index (χ3v) is 8.05. The van der Waals surface area contributed by atoms with E-state index in [-0.39, 0.29) is 11.8 Å². The molecule has 1 N–H and O–H groups in total. The van der Waals surface area contributed by atoms with Crippen molar-refractivity contribution in [2.24, 2.45) is 5.92 Å². The molecule has 8 heteroatoms. The highest BCUT2D eigenvalue weighted by Gasteiger charge is 2.39. The van der Waals surface area contributed by atoms with Gasteiger partial charge in [-0.2, -0.15) is 4.31 Å². The van der Waals surface area contributed by atoms with E-state index in [4.69, 9.17) is 11.6 Å². The Labute approximate surface area is 144 Å². The maximum Gasteiger partial charge on any atom is 0.252 e. The largest absolute Gasteiger partial charge is 0.316 e. The summed E-state index contributed by atoms with van der Waals surface area (Å²) in [6.45, 7) is 2.55. The van der Waals surface area contributed by atoms with Crippen LogP contribution in [0.5, 0.6) is 0 Å². The standard InChI is InChI=1S/C15H16ClN3O2S2/c16-13-3-4-14(22-13)23(20,21)19-8-10-2-1-5-18-15(10)12-7-17-6-11(12)9-19/h1-5,11-12,17H,6-9H2. The molecule has 0 spiro atoms. The van der Waals surface area contributed by atoms with E-state index in [1.54, 1.807) is 22.6 Å². The van der Waals surface area contributed by atoms with Crippen molar-refractivity contribution in [2.45, 2.75) is 16.7 Å². The highest BCUT2D eigenvalue weighted by Crippen LogP contribution is 2.36. The quantitative estimate of drug-likeness (QED) is 0.882. The number of aromatic nitrogens is 1. The molecular weight excluding hydrogens is 354 g/mol. The SMILES string of the molecule is O=S(=O)(c1ccc(Cl)s1)N1Cc2cccnc2C2CNCC2C1. The van der Waals surface area contributed by atoms with Gasteiger partial charge in [0.15, 0.2) is 0 Å². The average Bonchev–Trinajstić information content (AvgIpc) is 3.13. The number of nitrogens with zero attached hydrogens (tertiary/aromatic N) is 2. The number of fused-ring (bicyclic) bond motifs is 3. The minimum absolute atomic E-state index is 0.247. The first-order chi connectivity index (χ1) is 11.1. The lowest BCUT2D eigenvalue weighted by Gasteiger charge is -2.22. The van der Waals surface area contributed by atoms with Crippen molar-refractivity contribution in [3.8, 4) is 0 Å². The zero-order valence-electron chi connectivity index (χ0n) is 12.3. The highest BCUT2D eigenvalue weighted by atomic mass is 35.5. The molecule has 1 fully saturated rings. The molecular formula is C15H16ClN3O2S2. The van der Waals surface area contributed by atoms with Crippen molar-refractivity contribution >= 4 is 33.0 Å². The van der Waals surface area contributed by atoms with Crippen LogP contribution in [0.15, 0.2) is 34.7 Å². The van der Waals surface area contributed by atoms with Gasteiger partial charge >= 0.3 is 0 Å². The molecule has 122 valence electrons. The monoisotopic (exact) mass is 369 g/mol. The Morgan fingerprint density at radius 1 is 1.30 bits per heavy atom. The first-order valence-electron chi connectivity index (χ1n) is 7.45. The van der Waals surface area contributed by atoms with Gasteiger partial charge in [-0.1, -0.05) is 17.7 Å². The maximum atomic E-state index is 13.0. The van der Waals surface area contributed by atoms with E-state index in [1.165, 1.54) is 0 Å². The summed E-state index contributed by atoms with van der Waals surface area (Å²) in [5.41, 5.74) is 2.03. The van der Waals surface area contributed by atoms with E-state index in [9.17, 15) is 8.42 Å². The Morgan fingerprint density at radius 3 is 2.96 bits per heavy atom. The Kier molecular flexibility index (Phi) is 3.93. The molecule has 2 aliphatic heterocycles. The fourth-order valence-electron chi connectivity index (χ4n) is 3.43. The number of rotatable bonds is 2. The van der Waals surface area contributed by atoms with E-state index < -0.39 is 10.0 Å². The lowest BCUT2D eigenvalue weighted by molar-refractivity contribution is 0.350. The second-order valence-electron chi connectivity index (χ2n) is 5.93. The molecule has 0 radical (unpaired) electrons. The zero-order chi connectivity index (χ0) is 16.0. The van der Waals surface area contributed by atoms with Crippen molar-refractivity contribution in [1.29, 1.82) is 0 Å². The zero-order valence-corrected chi connectivity index (χ0v) is 14.7. The third kappa shape index (κ3) is 2.70. The van der Waals surface area contributed by atoms with Crippen molar-refractivity contribution in [3.63, 3.8) is 0 Å². The fraction of sp³-hybridized carbons (Fsp3) is 0.400. The molecule has 0 bridgehead atoms. The summed E-state index contributed by atoms with van der Waals surface area (Å²) in [6.07, 6.45) is 1.79. The first kappa shape index (κ1) is 15.5. The van der Waals surface area contributed by atoms with Crippen molar-refractivity contribution in [2.75, 3.05) is 19.6 Å². The number of hydrogen-bond acceptors (Lipinski definition) is 5. The van der Waals surface area contributed by atoms with Crippen LogP contribution in [0.25, 0.3) is 0 Å². The maximum absolute atomic E-state index is 13.0. The van der Waals surface area contributed by atoms with Crippen molar-refractivity contribution < 1.29 is 8.42 Å². The van der Waals surface area contributed by atoms with Crippen LogP contribution in [0.1, 0.15) is 17.2 Å². The molecule has 0 saturated carbocycles. The van der Waals surface area contributed by atoms with Crippen LogP contribution >= 0.6 is 22.9 Å². The molecule has 4 rings (SSSR count). The van der Waals surface area contributed by atoms with E-state index >= 15 is 0 Å². The second-order valence-corrected chi connectivity index (χ2v) is 9.81. The van der Waals surface area contributed by atoms with Crippen LogP contribution in [0.2, 0.25) is 4.34 Å². The molecule has 0 aromatic carbocycles. The second kappa shape index (κ2) is 5.82. The number of halogens is 1. The topological polar surface area (TPSA) is 62.3 Å². The molecule has 23 heavy (non-hydrogen) atoms. The Morgan fingerprint density at radius 2 is 2.17 bits per heavy atom. The summed E-state index contributed by atoms with van der Waals surface area (Å²) in [6, 6.07) is 7.06. The summed E-state index contributed by atoms with van der Waals surface area (Å²) >= 11 is 7.03. The summed E-state index contributed by atoms with van der Waals surface area (Å²) in [7, 11) is -3.53. The fourth-order valence-corrected chi connectivity index (χ4v) is 6.54. The third-order valence-electron chi connectivity index (χ3n) is 4.54. The number of hydrogen-bond donors (Lipinski definition) is 1. The van der Waals surface area contributed by atoms with Crippen LogP contribution in [0.4, 0.5) is 0 Å². The summed E-state index contributed by atoms with van der Waals surface area (Å²) in [5, 5.41) is 3.37. The minimum atomic E-state index is -3.53. The van der Waals surface area contributed by atoms with E-state index in [1.807, 2.05) is 12.1 Å². The number of pyridine rings is 1. The van der Waals surface area contributed by atoms with E-state index in [0.717, 1.165) is 35.7 Å². The average molecular weight is 370 g/mol. The van der Waals surface area contributed by atoms with E-state index in [0.29, 0.717) is 21.6 Å². The number of nitrogens with one attached hydrogen (secondary N) is 1. The van der Waals surface area contributed by atoms with Gasteiger partial charge in [0.25, 0.3) is 10.0 Å². The van der Waals surface area contributed by atoms with Gasteiger partial charge in [-0.3, -0.25) is 4.98 Å². The van der Waals surface area contributed by atoms with Crippen LogP contribution in [-0.4, -0.2) is 37.3 Å². The molecule has 0 aliphatic carbocycles. The van der Waals surface area contributed by atoms with Gasteiger partial charge in [-0.25, -0.2) is 8.42 Å². The van der Waals surface area contributed by atoms with Crippen molar-refractivity contribution in [1.82, 2.24) is 14.6 Å². The minimum Gasteiger partial charge on any atom is -0.316 e. The predicted molar refractivity (Wildman–Crippen MR) is 90.3 cm³/mol. The summed E-state index contributed by atoms with van der Waals surface area (Å²) in [4.78, 5) is 4.54. The molecule has 2 aromatic rings. The predicted octanol–water partition coefficient (Wildman–Crippen LogP) is 2.30. The Hall–Kier alpha value is -0.990. The van der Waals surface area contributed by atoms with Gasteiger partial charge in [-0.15, -0.1) is 11.3 Å². The molecule has 1 saturated heterocycles. The molecule has 4 heterocycles. The van der Waals surface area contributed by atoms with Gasteiger partial charge in [0.05, 0.1) is 4.34 Å². The number of thiophene rings is 1. The molecule has 0 amide bonds. The molecule has 2 aliphatic rings. The van der Waals surface area contributed by atoms with E-state index in [2.05, 4.69) is 10.3 Å². The molecule has 2 unspecified atom stereocenters. The van der Waals surface area contributed by atoms with Crippen molar-refractivity contribution in [3.05, 3.63) is 46.1 Å². The lowest BCUT2D eigenvalue weighted by atomic mass is 9.91. The van der Waals surface area contributed by atoms with Gasteiger partial charge in [0, 0.05) is 37.4 Å². The Balaban J connectivity index is 1.76.